The molecule has 2 aromatic carbocycles. The standard InChI is InChI=1S/C21H20N2O4S/c24-19(22-10-9-15-5-1-2-6-16(15)11-22)13-27-21(26)12-23-17-7-3-4-8-18(17)28-14-20(23)25/h1-8H,9-14H2. The van der Waals surface area contributed by atoms with E-state index in [1.54, 1.807) is 4.90 Å². The van der Waals surface area contributed by atoms with E-state index in [9.17, 15) is 14.4 Å². The molecule has 0 unspecified atom stereocenters. The smallest absolute Gasteiger partial charge is 0.326 e. The number of fused-ring (bicyclic) bond motifs is 2. The Hall–Kier alpha value is -2.80. The first-order valence-corrected chi connectivity index (χ1v) is 10.1. The third-order valence-corrected chi connectivity index (χ3v) is 5.98. The van der Waals surface area contributed by atoms with Gasteiger partial charge in [-0.1, -0.05) is 36.4 Å². The fraction of sp³-hybridized carbons (Fsp3) is 0.286. The Bertz CT molecular complexity index is 930. The molecular weight excluding hydrogens is 376 g/mol. The third kappa shape index (κ3) is 3.89. The van der Waals surface area contributed by atoms with Crippen molar-refractivity contribution < 1.29 is 19.1 Å². The van der Waals surface area contributed by atoms with Gasteiger partial charge in [-0.25, -0.2) is 0 Å². The van der Waals surface area contributed by atoms with Crippen molar-refractivity contribution in [3.05, 3.63) is 59.7 Å². The van der Waals surface area contributed by atoms with E-state index in [1.165, 1.54) is 22.2 Å². The zero-order valence-electron chi connectivity index (χ0n) is 15.3. The first-order chi connectivity index (χ1) is 13.6. The second kappa shape index (κ2) is 8.06. The topological polar surface area (TPSA) is 66.9 Å². The van der Waals surface area contributed by atoms with Gasteiger partial charge in [0.15, 0.2) is 6.61 Å². The van der Waals surface area contributed by atoms with Crippen molar-refractivity contribution in [1.29, 1.82) is 0 Å². The molecule has 2 aliphatic rings. The van der Waals surface area contributed by atoms with Gasteiger partial charge in [0.2, 0.25) is 5.91 Å². The molecular formula is C21H20N2O4S. The van der Waals surface area contributed by atoms with E-state index in [-0.39, 0.29) is 30.7 Å². The molecule has 4 rings (SSSR count). The zero-order chi connectivity index (χ0) is 19.5. The summed E-state index contributed by atoms with van der Waals surface area (Å²) in [5.41, 5.74) is 3.09. The molecule has 0 atom stereocenters. The highest BCUT2D eigenvalue weighted by Gasteiger charge is 2.27. The number of nitrogens with zero attached hydrogens (tertiary/aromatic N) is 2. The average molecular weight is 396 g/mol. The summed E-state index contributed by atoms with van der Waals surface area (Å²) in [6.07, 6.45) is 0.798. The van der Waals surface area contributed by atoms with E-state index < -0.39 is 5.97 Å². The van der Waals surface area contributed by atoms with E-state index in [0.29, 0.717) is 18.8 Å². The first-order valence-electron chi connectivity index (χ1n) is 9.14. The van der Waals surface area contributed by atoms with Crippen LogP contribution >= 0.6 is 11.8 Å². The fourth-order valence-electron chi connectivity index (χ4n) is 3.44. The summed E-state index contributed by atoms with van der Waals surface area (Å²) in [5.74, 6) is -0.652. The van der Waals surface area contributed by atoms with E-state index in [0.717, 1.165) is 16.9 Å². The molecule has 2 aromatic rings. The van der Waals surface area contributed by atoms with E-state index >= 15 is 0 Å². The molecule has 2 heterocycles. The number of carbonyl (C=O) groups is 3. The lowest BCUT2D eigenvalue weighted by Gasteiger charge is -2.29. The van der Waals surface area contributed by atoms with Crippen molar-refractivity contribution in [3.8, 4) is 0 Å². The number of hydrogen-bond acceptors (Lipinski definition) is 5. The Labute approximate surface area is 167 Å². The Kier molecular flexibility index (Phi) is 5.34. The van der Waals surface area contributed by atoms with Gasteiger partial charge in [0.05, 0.1) is 11.4 Å². The second-order valence-electron chi connectivity index (χ2n) is 6.73. The lowest BCUT2D eigenvalue weighted by molar-refractivity contribution is -0.151. The van der Waals surface area contributed by atoms with Crippen LogP contribution in [0.5, 0.6) is 0 Å². The predicted octanol–water partition coefficient (Wildman–Crippen LogP) is 2.25. The van der Waals surface area contributed by atoms with Crippen LogP contribution in [0.4, 0.5) is 5.69 Å². The van der Waals surface area contributed by atoms with Crippen LogP contribution in [0.2, 0.25) is 0 Å². The summed E-state index contributed by atoms with van der Waals surface area (Å²) in [6, 6.07) is 15.5. The summed E-state index contributed by atoms with van der Waals surface area (Å²) >= 11 is 1.45. The average Bonchev–Trinajstić information content (AvgIpc) is 2.73. The summed E-state index contributed by atoms with van der Waals surface area (Å²) in [7, 11) is 0. The molecule has 28 heavy (non-hydrogen) atoms. The third-order valence-electron chi connectivity index (χ3n) is 4.94. The van der Waals surface area contributed by atoms with Gasteiger partial charge in [-0.2, -0.15) is 0 Å². The number of esters is 1. The zero-order valence-corrected chi connectivity index (χ0v) is 16.1. The lowest BCUT2D eigenvalue weighted by atomic mass is 10.00. The molecule has 2 aliphatic heterocycles. The van der Waals surface area contributed by atoms with Crippen molar-refractivity contribution in [2.24, 2.45) is 0 Å². The summed E-state index contributed by atoms with van der Waals surface area (Å²) < 4.78 is 5.18. The fourth-order valence-corrected chi connectivity index (χ4v) is 4.38. The molecule has 2 amide bonds. The number of rotatable bonds is 4. The van der Waals surface area contributed by atoms with E-state index in [1.807, 2.05) is 42.5 Å². The molecule has 144 valence electrons. The minimum atomic E-state index is -0.583. The van der Waals surface area contributed by atoms with Crippen LogP contribution in [0.25, 0.3) is 0 Å². The molecule has 0 saturated carbocycles. The molecule has 0 radical (unpaired) electrons. The maximum atomic E-state index is 12.4. The van der Waals surface area contributed by atoms with Gasteiger partial charge >= 0.3 is 5.97 Å². The van der Waals surface area contributed by atoms with Crippen molar-refractivity contribution in [1.82, 2.24) is 4.90 Å². The van der Waals surface area contributed by atoms with Gasteiger partial charge in [0.25, 0.3) is 5.91 Å². The minimum Gasteiger partial charge on any atom is -0.454 e. The maximum absolute atomic E-state index is 12.4. The Balaban J connectivity index is 1.33. The number of benzene rings is 2. The normalized spacial score (nSPS) is 15.6. The van der Waals surface area contributed by atoms with Crippen molar-refractivity contribution in [2.45, 2.75) is 17.9 Å². The van der Waals surface area contributed by atoms with Gasteiger partial charge in [-0.3, -0.25) is 19.3 Å². The van der Waals surface area contributed by atoms with E-state index in [4.69, 9.17) is 4.74 Å². The first kappa shape index (κ1) is 18.6. The molecule has 0 saturated heterocycles. The highest BCUT2D eigenvalue weighted by atomic mass is 32.2. The van der Waals surface area contributed by atoms with Gasteiger partial charge in [0, 0.05) is 18.0 Å². The van der Waals surface area contributed by atoms with Gasteiger partial charge in [-0.15, -0.1) is 11.8 Å². The largest absolute Gasteiger partial charge is 0.454 e. The SMILES string of the molecule is O=C(CN1C(=O)CSc2ccccc21)OCC(=O)N1CCc2ccccc2C1. The van der Waals surface area contributed by atoms with Crippen molar-refractivity contribution in [2.75, 3.05) is 30.3 Å². The van der Waals surface area contributed by atoms with E-state index in [2.05, 4.69) is 6.07 Å². The minimum absolute atomic E-state index is 0.139. The summed E-state index contributed by atoms with van der Waals surface area (Å²) in [4.78, 5) is 41.0. The number of carbonyl (C=O) groups excluding carboxylic acids is 3. The van der Waals surface area contributed by atoms with Gasteiger partial charge in [-0.05, 0) is 29.7 Å². The number of ether oxygens (including phenoxy) is 1. The predicted molar refractivity (Wildman–Crippen MR) is 106 cm³/mol. The van der Waals surface area contributed by atoms with Gasteiger partial charge < -0.3 is 9.64 Å². The molecule has 6 nitrogen and oxygen atoms in total. The van der Waals surface area contributed by atoms with Crippen LogP contribution in [0, 0.1) is 0 Å². The van der Waals surface area contributed by atoms with Gasteiger partial charge in [0.1, 0.15) is 6.54 Å². The van der Waals surface area contributed by atoms with Crippen molar-refractivity contribution in [3.63, 3.8) is 0 Å². The monoisotopic (exact) mass is 396 g/mol. The quantitative estimate of drug-likeness (QED) is 0.742. The van der Waals surface area contributed by atoms with Crippen molar-refractivity contribution >= 4 is 35.2 Å². The second-order valence-corrected chi connectivity index (χ2v) is 7.75. The lowest BCUT2D eigenvalue weighted by Crippen LogP contribution is -2.42. The Morgan fingerprint density at radius 3 is 2.64 bits per heavy atom. The maximum Gasteiger partial charge on any atom is 0.326 e. The number of anilines is 1. The Morgan fingerprint density at radius 1 is 1.04 bits per heavy atom. The molecule has 0 spiro atoms. The van der Waals surface area contributed by atoms with Crippen LogP contribution in [0.3, 0.4) is 0 Å². The molecule has 0 N–H and O–H groups in total. The molecule has 0 aromatic heterocycles. The van der Waals surface area contributed by atoms with Crippen LogP contribution in [0.1, 0.15) is 11.1 Å². The molecule has 7 heteroatoms. The summed E-state index contributed by atoms with van der Waals surface area (Å²) in [6.45, 7) is 0.649. The Morgan fingerprint density at radius 2 is 1.79 bits per heavy atom. The van der Waals surface area contributed by atoms with Crippen LogP contribution in [-0.4, -0.2) is 48.1 Å². The van der Waals surface area contributed by atoms with Crippen LogP contribution < -0.4 is 4.90 Å². The highest BCUT2D eigenvalue weighted by Crippen LogP contribution is 2.34. The number of thioether (sulfide) groups is 1. The molecule has 0 bridgehead atoms. The van der Waals surface area contributed by atoms with Crippen LogP contribution in [-0.2, 0) is 32.1 Å². The summed E-state index contributed by atoms with van der Waals surface area (Å²) in [5, 5.41) is 0. The molecule has 0 aliphatic carbocycles. The number of hydrogen-bond donors (Lipinski definition) is 0. The van der Waals surface area contributed by atoms with Crippen LogP contribution in [0.15, 0.2) is 53.4 Å². The highest BCUT2D eigenvalue weighted by molar-refractivity contribution is 8.00. The number of amides is 2. The molecule has 0 fully saturated rings. The number of para-hydroxylation sites is 1.